The van der Waals surface area contributed by atoms with Crippen molar-refractivity contribution in [3.8, 4) is 0 Å². The second-order valence-corrected chi connectivity index (χ2v) is 9.36. The zero-order valence-electron chi connectivity index (χ0n) is 22.1. The molecule has 204 valence electrons. The maximum atomic E-state index is 12.9. The minimum atomic E-state index is -1.41. The van der Waals surface area contributed by atoms with E-state index in [9.17, 15) is 24.3 Å². The lowest BCUT2D eigenvalue weighted by Crippen LogP contribution is -2.57. The highest BCUT2D eigenvalue weighted by Crippen LogP contribution is 2.15. The van der Waals surface area contributed by atoms with Gasteiger partial charge in [-0.1, -0.05) is 74.5 Å². The van der Waals surface area contributed by atoms with E-state index in [1.807, 2.05) is 31.2 Å². The van der Waals surface area contributed by atoms with Crippen molar-refractivity contribution in [2.45, 2.75) is 39.8 Å². The normalized spacial score (nSPS) is 11.3. The number of rotatable bonds is 9. The first-order valence-corrected chi connectivity index (χ1v) is 12.5. The first-order valence-electron chi connectivity index (χ1n) is 12.5. The van der Waals surface area contributed by atoms with Gasteiger partial charge >= 0.3 is 12.1 Å². The Morgan fingerprint density at radius 1 is 0.821 bits per heavy atom. The highest BCUT2D eigenvalue weighted by Gasteiger charge is 2.23. The number of carbonyl (C=O) groups excluding carboxylic acids is 4. The number of hydrazine groups is 1. The van der Waals surface area contributed by atoms with Gasteiger partial charge in [0.1, 0.15) is 0 Å². The molecule has 0 radical (unpaired) electrons. The third kappa shape index (κ3) is 8.89. The van der Waals surface area contributed by atoms with Gasteiger partial charge in [0, 0.05) is 11.4 Å². The molecule has 0 aliphatic carbocycles. The SMILES string of the molecule is Cc1ccccc1NC(=O)Nc1ccc(CC(=O)NN(Cc2ccccc2)C(=O)NC(C(=O)[O-])C(C)C)cc1. The zero-order chi connectivity index (χ0) is 28.4. The monoisotopic (exact) mass is 530 g/mol. The van der Waals surface area contributed by atoms with Crippen molar-refractivity contribution in [1.82, 2.24) is 15.8 Å². The Bertz CT molecular complexity index is 1290. The van der Waals surface area contributed by atoms with Crippen molar-refractivity contribution < 1.29 is 24.3 Å². The maximum absolute atomic E-state index is 12.9. The van der Waals surface area contributed by atoms with Crippen molar-refractivity contribution in [2.75, 3.05) is 10.6 Å². The van der Waals surface area contributed by atoms with E-state index in [2.05, 4.69) is 21.4 Å². The van der Waals surface area contributed by atoms with Gasteiger partial charge in [0.05, 0.1) is 25.0 Å². The highest BCUT2D eigenvalue weighted by molar-refractivity contribution is 6.00. The molecule has 3 aromatic rings. The van der Waals surface area contributed by atoms with Gasteiger partial charge < -0.3 is 25.9 Å². The minimum absolute atomic E-state index is 0.0230. The van der Waals surface area contributed by atoms with Crippen molar-refractivity contribution in [1.29, 1.82) is 0 Å². The fourth-order valence-electron chi connectivity index (χ4n) is 3.72. The number of anilines is 2. The maximum Gasteiger partial charge on any atom is 0.336 e. The van der Waals surface area contributed by atoms with Crippen LogP contribution in [0.2, 0.25) is 0 Å². The summed E-state index contributed by atoms with van der Waals surface area (Å²) >= 11 is 0. The Morgan fingerprint density at radius 2 is 1.46 bits per heavy atom. The molecular weight excluding hydrogens is 498 g/mol. The molecule has 10 heteroatoms. The van der Waals surface area contributed by atoms with Crippen LogP contribution >= 0.6 is 0 Å². The fourth-order valence-corrected chi connectivity index (χ4v) is 3.72. The number of hydrogen-bond acceptors (Lipinski definition) is 5. The second-order valence-electron chi connectivity index (χ2n) is 9.36. The summed E-state index contributed by atoms with van der Waals surface area (Å²) < 4.78 is 0. The van der Waals surface area contributed by atoms with Crippen LogP contribution in [-0.2, 0) is 22.6 Å². The summed E-state index contributed by atoms with van der Waals surface area (Å²) in [6.07, 6.45) is -0.0532. The number of carboxylic acid groups (broad SMARTS) is 1. The van der Waals surface area contributed by atoms with E-state index in [1.165, 1.54) is 0 Å². The fraction of sp³-hybridized carbons (Fsp3) is 0.241. The number of carbonyl (C=O) groups is 4. The van der Waals surface area contributed by atoms with Crippen molar-refractivity contribution in [3.63, 3.8) is 0 Å². The average molecular weight is 531 g/mol. The van der Waals surface area contributed by atoms with Gasteiger partial charge in [-0.25, -0.2) is 14.6 Å². The summed E-state index contributed by atoms with van der Waals surface area (Å²) in [7, 11) is 0. The third-order valence-electron chi connectivity index (χ3n) is 5.86. The Kier molecular flexibility index (Phi) is 10.0. The Hall–Kier alpha value is -4.86. The zero-order valence-corrected chi connectivity index (χ0v) is 22.1. The van der Waals surface area contributed by atoms with Crippen LogP contribution in [-0.4, -0.2) is 35.0 Å². The molecule has 0 spiro atoms. The lowest BCUT2D eigenvalue weighted by molar-refractivity contribution is -0.309. The largest absolute Gasteiger partial charge is 0.548 e. The standard InChI is InChI=1S/C29H33N5O5/c1-19(2)26(27(36)37)32-29(39)34(18-22-10-5-4-6-11-22)33-25(35)17-21-13-15-23(16-14-21)30-28(38)31-24-12-8-7-9-20(24)3/h4-16,19,26H,17-18H2,1-3H3,(H,32,39)(H,33,35)(H,36,37)(H2,30,31,38)/p-1. The molecule has 0 heterocycles. The smallest absolute Gasteiger partial charge is 0.336 e. The molecule has 0 saturated heterocycles. The number of amides is 5. The number of para-hydroxylation sites is 1. The first kappa shape index (κ1) is 28.7. The van der Waals surface area contributed by atoms with E-state index in [0.717, 1.165) is 16.1 Å². The van der Waals surface area contributed by atoms with Crippen LogP contribution in [0.25, 0.3) is 0 Å². The summed E-state index contributed by atoms with van der Waals surface area (Å²) in [4.78, 5) is 49.5. The molecule has 10 nitrogen and oxygen atoms in total. The number of benzene rings is 3. The molecule has 0 saturated carbocycles. The average Bonchev–Trinajstić information content (AvgIpc) is 2.89. The highest BCUT2D eigenvalue weighted by atomic mass is 16.4. The van der Waals surface area contributed by atoms with E-state index in [1.54, 1.807) is 68.4 Å². The topological polar surface area (TPSA) is 143 Å². The number of nitrogens with one attached hydrogen (secondary N) is 4. The predicted octanol–water partition coefficient (Wildman–Crippen LogP) is 3.20. The molecule has 1 atom stereocenters. The van der Waals surface area contributed by atoms with E-state index in [4.69, 9.17) is 0 Å². The van der Waals surface area contributed by atoms with Gasteiger partial charge in [0.25, 0.3) is 0 Å². The lowest BCUT2D eigenvalue weighted by atomic mass is 10.1. The molecule has 5 amide bonds. The summed E-state index contributed by atoms with van der Waals surface area (Å²) in [5.41, 5.74) is 6.12. The molecule has 0 aliphatic heterocycles. The van der Waals surface area contributed by atoms with Crippen LogP contribution in [0.5, 0.6) is 0 Å². The second kappa shape index (κ2) is 13.6. The molecule has 0 bridgehead atoms. The van der Waals surface area contributed by atoms with Crippen LogP contribution in [0.1, 0.15) is 30.5 Å². The van der Waals surface area contributed by atoms with Crippen molar-refractivity contribution >= 4 is 35.3 Å². The predicted molar refractivity (Wildman–Crippen MR) is 146 cm³/mol. The van der Waals surface area contributed by atoms with Gasteiger partial charge in [-0.05, 0) is 47.7 Å². The number of carboxylic acids is 1. The van der Waals surface area contributed by atoms with Gasteiger partial charge in [-0.3, -0.25) is 10.2 Å². The molecule has 0 fully saturated rings. The molecule has 0 aliphatic rings. The number of aryl methyl sites for hydroxylation is 1. The van der Waals surface area contributed by atoms with Gasteiger partial charge in [-0.15, -0.1) is 0 Å². The molecular formula is C29H32N5O5-. The summed E-state index contributed by atoms with van der Waals surface area (Å²) in [6.45, 7) is 5.21. The van der Waals surface area contributed by atoms with Crippen LogP contribution in [0.15, 0.2) is 78.9 Å². The summed E-state index contributed by atoms with van der Waals surface area (Å²) in [6, 6.07) is 20.7. The van der Waals surface area contributed by atoms with Crippen molar-refractivity contribution in [2.24, 2.45) is 5.92 Å². The molecule has 39 heavy (non-hydrogen) atoms. The van der Waals surface area contributed by atoms with E-state index in [-0.39, 0.29) is 13.0 Å². The molecule has 4 N–H and O–H groups in total. The molecule has 1 unspecified atom stereocenters. The quantitative estimate of drug-likeness (QED) is 0.314. The first-order chi connectivity index (χ1) is 18.6. The summed E-state index contributed by atoms with van der Waals surface area (Å²) in [5, 5.41) is 20.4. The van der Waals surface area contributed by atoms with E-state index >= 15 is 0 Å². The van der Waals surface area contributed by atoms with E-state index in [0.29, 0.717) is 16.9 Å². The number of hydrogen-bond donors (Lipinski definition) is 4. The van der Waals surface area contributed by atoms with Gasteiger partial charge in [0.15, 0.2) is 0 Å². The van der Waals surface area contributed by atoms with Crippen molar-refractivity contribution in [3.05, 3.63) is 95.6 Å². The summed E-state index contributed by atoms with van der Waals surface area (Å²) in [5.74, 6) is -2.31. The Balaban J connectivity index is 1.62. The van der Waals surface area contributed by atoms with Crippen LogP contribution in [0.3, 0.4) is 0 Å². The number of nitrogens with zero attached hydrogens (tertiary/aromatic N) is 1. The van der Waals surface area contributed by atoms with Gasteiger partial charge in [-0.2, -0.15) is 0 Å². The van der Waals surface area contributed by atoms with Gasteiger partial charge in [0.2, 0.25) is 5.91 Å². The third-order valence-corrected chi connectivity index (χ3v) is 5.86. The Labute approximate surface area is 227 Å². The minimum Gasteiger partial charge on any atom is -0.548 e. The lowest BCUT2D eigenvalue weighted by Gasteiger charge is -2.29. The molecule has 0 aromatic heterocycles. The Morgan fingerprint density at radius 3 is 2.08 bits per heavy atom. The molecule has 3 rings (SSSR count). The van der Waals surface area contributed by atoms with Crippen LogP contribution < -0.4 is 26.5 Å². The van der Waals surface area contributed by atoms with Crippen LogP contribution in [0, 0.1) is 12.8 Å². The number of urea groups is 2. The number of aliphatic carboxylic acids is 1. The van der Waals surface area contributed by atoms with Crippen LogP contribution in [0.4, 0.5) is 21.0 Å². The van der Waals surface area contributed by atoms with E-state index < -0.39 is 35.9 Å². The molecule has 3 aromatic carbocycles.